The summed E-state index contributed by atoms with van der Waals surface area (Å²) in [6.45, 7) is 12.4. The number of benzene rings is 1. The van der Waals surface area contributed by atoms with E-state index in [0.717, 1.165) is 25.6 Å². The van der Waals surface area contributed by atoms with E-state index in [1.54, 1.807) is 12.1 Å². The fourth-order valence-electron chi connectivity index (χ4n) is 3.30. The Labute approximate surface area is 129 Å². The van der Waals surface area contributed by atoms with E-state index < -0.39 is 0 Å². The molecule has 2 unspecified atom stereocenters. The molecule has 0 saturated carbocycles. The molecule has 1 aliphatic heterocycles. The quantitative estimate of drug-likeness (QED) is 0.874. The summed E-state index contributed by atoms with van der Waals surface area (Å²) in [5, 5.41) is 13.1. The number of hydrogen-bond donors (Lipinski definition) is 2. The first kappa shape index (κ1) is 16.3. The van der Waals surface area contributed by atoms with Gasteiger partial charge in [-0.25, -0.2) is 0 Å². The second-order valence-corrected chi connectivity index (χ2v) is 7.14. The van der Waals surface area contributed by atoms with Crippen LogP contribution in [0, 0.1) is 11.8 Å². The third-order valence-electron chi connectivity index (χ3n) is 4.39. The summed E-state index contributed by atoms with van der Waals surface area (Å²) < 4.78 is 0. The van der Waals surface area contributed by atoms with Crippen LogP contribution >= 0.6 is 0 Å². The summed E-state index contributed by atoms with van der Waals surface area (Å²) >= 11 is 0. The lowest BCUT2D eigenvalue weighted by molar-refractivity contribution is 0.0852. The van der Waals surface area contributed by atoms with Crippen LogP contribution in [0.3, 0.4) is 0 Å². The predicted molar refractivity (Wildman–Crippen MR) is 88.4 cm³/mol. The Kier molecular flexibility index (Phi) is 5.65. The number of phenols is 1. The summed E-state index contributed by atoms with van der Waals surface area (Å²) in [7, 11) is 0. The highest BCUT2D eigenvalue weighted by atomic mass is 16.3. The predicted octanol–water partition coefficient (Wildman–Crippen LogP) is 3.24. The molecule has 0 bridgehead atoms. The molecule has 3 nitrogen and oxygen atoms in total. The molecule has 3 heteroatoms. The largest absolute Gasteiger partial charge is 0.508 e. The minimum atomic E-state index is 0.345. The minimum Gasteiger partial charge on any atom is -0.508 e. The molecule has 118 valence electrons. The minimum absolute atomic E-state index is 0.345. The zero-order valence-electron chi connectivity index (χ0n) is 13.8. The maximum Gasteiger partial charge on any atom is 0.115 e. The molecule has 1 heterocycles. The molecular weight excluding hydrogens is 260 g/mol. The van der Waals surface area contributed by atoms with Crippen LogP contribution in [-0.4, -0.2) is 35.2 Å². The second-order valence-electron chi connectivity index (χ2n) is 7.14. The third kappa shape index (κ3) is 4.72. The fourth-order valence-corrected chi connectivity index (χ4v) is 3.30. The normalized spacial score (nSPS) is 23.9. The highest BCUT2D eigenvalue weighted by Gasteiger charge is 2.29. The standard InChI is InChI=1S/C18H30N2O/c1-13(2)9-16-12-20(18(10-19-16)14(3)4)11-15-5-7-17(21)8-6-15/h5-8,13-14,16,18-19,21H,9-12H2,1-4H3. The van der Waals surface area contributed by atoms with Gasteiger partial charge in [-0.1, -0.05) is 39.8 Å². The molecule has 1 fully saturated rings. The van der Waals surface area contributed by atoms with E-state index in [0.29, 0.717) is 23.8 Å². The number of rotatable bonds is 5. The lowest BCUT2D eigenvalue weighted by atomic mass is 9.94. The number of hydrogen-bond acceptors (Lipinski definition) is 3. The molecule has 1 aliphatic rings. The molecule has 1 aromatic rings. The Balaban J connectivity index is 2.04. The molecule has 0 aromatic heterocycles. The van der Waals surface area contributed by atoms with Gasteiger partial charge in [-0.2, -0.15) is 0 Å². The van der Waals surface area contributed by atoms with Crippen molar-refractivity contribution in [3.8, 4) is 5.75 Å². The molecule has 2 rings (SSSR count). The SMILES string of the molecule is CC(C)CC1CN(Cc2ccc(O)cc2)C(C(C)C)CN1. The van der Waals surface area contributed by atoms with Crippen molar-refractivity contribution in [1.82, 2.24) is 10.2 Å². The van der Waals surface area contributed by atoms with E-state index >= 15 is 0 Å². The van der Waals surface area contributed by atoms with Gasteiger partial charge in [0.25, 0.3) is 0 Å². The van der Waals surface area contributed by atoms with Crippen molar-refractivity contribution < 1.29 is 5.11 Å². The van der Waals surface area contributed by atoms with Gasteiger partial charge in [0.15, 0.2) is 0 Å². The Morgan fingerprint density at radius 1 is 1.19 bits per heavy atom. The van der Waals surface area contributed by atoms with Crippen molar-refractivity contribution in [3.05, 3.63) is 29.8 Å². The van der Waals surface area contributed by atoms with E-state index in [-0.39, 0.29) is 0 Å². The van der Waals surface area contributed by atoms with Gasteiger partial charge in [0.1, 0.15) is 5.75 Å². The fraction of sp³-hybridized carbons (Fsp3) is 0.667. The van der Waals surface area contributed by atoms with Crippen LogP contribution < -0.4 is 5.32 Å². The highest BCUT2D eigenvalue weighted by Crippen LogP contribution is 2.21. The first-order valence-electron chi connectivity index (χ1n) is 8.21. The molecule has 1 saturated heterocycles. The van der Waals surface area contributed by atoms with Crippen LogP contribution in [0.2, 0.25) is 0 Å². The van der Waals surface area contributed by atoms with E-state index in [2.05, 4.69) is 37.9 Å². The molecule has 21 heavy (non-hydrogen) atoms. The Morgan fingerprint density at radius 2 is 1.86 bits per heavy atom. The van der Waals surface area contributed by atoms with Crippen molar-refractivity contribution in [2.24, 2.45) is 11.8 Å². The first-order valence-corrected chi connectivity index (χ1v) is 8.21. The van der Waals surface area contributed by atoms with Gasteiger partial charge in [-0.3, -0.25) is 4.90 Å². The van der Waals surface area contributed by atoms with Gasteiger partial charge in [-0.15, -0.1) is 0 Å². The zero-order chi connectivity index (χ0) is 15.4. The van der Waals surface area contributed by atoms with Gasteiger partial charge in [-0.05, 0) is 36.0 Å². The van der Waals surface area contributed by atoms with Crippen LogP contribution in [0.1, 0.15) is 39.7 Å². The first-order chi connectivity index (χ1) is 9.95. The monoisotopic (exact) mass is 290 g/mol. The lowest BCUT2D eigenvalue weighted by Crippen LogP contribution is -2.58. The number of phenolic OH excluding ortho intramolecular Hbond substituents is 1. The number of aromatic hydroxyl groups is 1. The molecule has 1 aromatic carbocycles. The van der Waals surface area contributed by atoms with Gasteiger partial charge in [0.05, 0.1) is 0 Å². The number of piperazine rings is 1. The molecule has 2 N–H and O–H groups in total. The van der Waals surface area contributed by atoms with Gasteiger partial charge in [0, 0.05) is 31.7 Å². The zero-order valence-corrected chi connectivity index (χ0v) is 13.8. The van der Waals surface area contributed by atoms with Crippen molar-refractivity contribution in [1.29, 1.82) is 0 Å². The summed E-state index contributed by atoms with van der Waals surface area (Å²) in [6, 6.07) is 8.82. The van der Waals surface area contributed by atoms with Crippen LogP contribution in [-0.2, 0) is 6.54 Å². The molecule has 0 spiro atoms. The Hall–Kier alpha value is -1.06. The Morgan fingerprint density at radius 3 is 2.43 bits per heavy atom. The maximum atomic E-state index is 9.42. The summed E-state index contributed by atoms with van der Waals surface area (Å²) in [5.74, 6) is 1.72. The second kappa shape index (κ2) is 7.28. The van der Waals surface area contributed by atoms with Crippen LogP contribution in [0.4, 0.5) is 0 Å². The molecule has 0 radical (unpaired) electrons. The summed E-state index contributed by atoms with van der Waals surface area (Å²) in [6.07, 6.45) is 1.23. The molecule has 0 amide bonds. The average Bonchev–Trinajstić information content (AvgIpc) is 2.40. The van der Waals surface area contributed by atoms with Gasteiger partial charge < -0.3 is 10.4 Å². The molecular formula is C18H30N2O. The van der Waals surface area contributed by atoms with Crippen LogP contribution in [0.5, 0.6) is 5.75 Å². The number of nitrogens with zero attached hydrogens (tertiary/aromatic N) is 1. The third-order valence-corrected chi connectivity index (χ3v) is 4.39. The highest BCUT2D eigenvalue weighted by molar-refractivity contribution is 5.25. The van der Waals surface area contributed by atoms with Gasteiger partial charge in [0.2, 0.25) is 0 Å². The van der Waals surface area contributed by atoms with E-state index in [1.807, 2.05) is 12.1 Å². The summed E-state index contributed by atoms with van der Waals surface area (Å²) in [4.78, 5) is 2.61. The maximum absolute atomic E-state index is 9.42. The van der Waals surface area contributed by atoms with E-state index in [9.17, 15) is 5.11 Å². The van der Waals surface area contributed by atoms with Crippen molar-refractivity contribution in [2.75, 3.05) is 13.1 Å². The smallest absolute Gasteiger partial charge is 0.115 e. The molecule has 0 aliphatic carbocycles. The average molecular weight is 290 g/mol. The van der Waals surface area contributed by atoms with E-state index in [1.165, 1.54) is 12.0 Å². The topological polar surface area (TPSA) is 35.5 Å². The number of nitrogens with one attached hydrogen (secondary N) is 1. The van der Waals surface area contributed by atoms with Crippen molar-refractivity contribution in [3.63, 3.8) is 0 Å². The van der Waals surface area contributed by atoms with Crippen LogP contribution in [0.25, 0.3) is 0 Å². The van der Waals surface area contributed by atoms with Crippen molar-refractivity contribution in [2.45, 2.75) is 52.7 Å². The lowest BCUT2D eigenvalue weighted by Gasteiger charge is -2.43. The van der Waals surface area contributed by atoms with Crippen LogP contribution in [0.15, 0.2) is 24.3 Å². The Bertz CT molecular complexity index is 427. The van der Waals surface area contributed by atoms with E-state index in [4.69, 9.17) is 0 Å². The van der Waals surface area contributed by atoms with Crippen molar-refractivity contribution >= 4 is 0 Å². The van der Waals surface area contributed by atoms with Gasteiger partial charge >= 0.3 is 0 Å². The molecule has 2 atom stereocenters. The summed E-state index contributed by atoms with van der Waals surface area (Å²) in [5.41, 5.74) is 1.28.